The Labute approximate surface area is 117 Å². The second kappa shape index (κ2) is 6.12. The van der Waals surface area contributed by atoms with Gasteiger partial charge < -0.3 is 10.3 Å². The van der Waals surface area contributed by atoms with Gasteiger partial charge in [-0.25, -0.2) is 13.1 Å². The first-order valence-electron chi connectivity index (χ1n) is 6.09. The van der Waals surface area contributed by atoms with E-state index in [1.807, 2.05) is 0 Å². The predicted octanol–water partition coefficient (Wildman–Crippen LogP) is 0.358. The van der Waals surface area contributed by atoms with Crippen LogP contribution in [0, 0.1) is 6.92 Å². The lowest BCUT2D eigenvalue weighted by Crippen LogP contribution is -2.23. The quantitative estimate of drug-likeness (QED) is 0.796. The first-order chi connectivity index (χ1) is 9.51. The van der Waals surface area contributed by atoms with Crippen molar-refractivity contribution in [3.8, 4) is 0 Å². The molecule has 0 aliphatic heterocycles. The molecule has 0 aliphatic carbocycles. The summed E-state index contributed by atoms with van der Waals surface area (Å²) in [5, 5.41) is 3.62. The van der Waals surface area contributed by atoms with E-state index in [-0.39, 0.29) is 11.4 Å². The van der Waals surface area contributed by atoms with E-state index in [0.717, 1.165) is 12.0 Å². The van der Waals surface area contributed by atoms with Crippen molar-refractivity contribution in [3.63, 3.8) is 0 Å². The Hall–Kier alpha value is -1.77. The zero-order chi connectivity index (χ0) is 14.6. The first-order valence-corrected chi connectivity index (χ1v) is 7.57. The molecular weight excluding hydrogens is 280 g/mol. The molecule has 3 N–H and O–H groups in total. The molecular formula is C12H16N4O3S. The Kier molecular flexibility index (Phi) is 4.48. The zero-order valence-corrected chi connectivity index (χ0v) is 11.9. The zero-order valence-electron chi connectivity index (χ0n) is 11.0. The van der Waals surface area contributed by atoms with Crippen molar-refractivity contribution in [1.29, 1.82) is 0 Å². The van der Waals surface area contributed by atoms with E-state index >= 15 is 0 Å². The second-order valence-electron chi connectivity index (χ2n) is 4.24. The molecule has 1 heterocycles. The monoisotopic (exact) mass is 296 g/mol. The number of aromatic nitrogens is 2. The van der Waals surface area contributed by atoms with E-state index in [4.69, 9.17) is 10.3 Å². The minimum Gasteiger partial charge on any atom is -0.340 e. The van der Waals surface area contributed by atoms with Gasteiger partial charge in [0.1, 0.15) is 0 Å². The highest BCUT2D eigenvalue weighted by Crippen LogP contribution is 2.11. The van der Waals surface area contributed by atoms with Crippen LogP contribution >= 0.6 is 0 Å². The summed E-state index contributed by atoms with van der Waals surface area (Å²) in [5.41, 5.74) is 6.45. The highest BCUT2D eigenvalue weighted by molar-refractivity contribution is 7.89. The molecule has 0 saturated carbocycles. The van der Waals surface area contributed by atoms with Gasteiger partial charge in [0.15, 0.2) is 5.82 Å². The third-order valence-electron chi connectivity index (χ3n) is 2.66. The standard InChI is InChI=1S/C12H16N4O3S/c1-9-15-12(16-19-9)8-14-20(17,18)11-4-2-10(3-5-11)6-7-13/h2-5,14H,6-8,13H2,1H3. The predicted molar refractivity (Wildman–Crippen MR) is 72.3 cm³/mol. The molecule has 1 aromatic heterocycles. The molecule has 0 unspecified atom stereocenters. The van der Waals surface area contributed by atoms with Crippen LogP contribution in [0.4, 0.5) is 0 Å². The lowest BCUT2D eigenvalue weighted by atomic mass is 10.2. The second-order valence-corrected chi connectivity index (χ2v) is 6.00. The lowest BCUT2D eigenvalue weighted by Gasteiger charge is -2.05. The summed E-state index contributed by atoms with van der Waals surface area (Å²) in [6, 6.07) is 6.60. The number of aryl methyl sites for hydroxylation is 1. The molecule has 2 aromatic rings. The highest BCUT2D eigenvalue weighted by Gasteiger charge is 2.15. The fourth-order valence-corrected chi connectivity index (χ4v) is 2.64. The molecule has 0 saturated heterocycles. The largest absolute Gasteiger partial charge is 0.340 e. The van der Waals surface area contributed by atoms with Gasteiger partial charge in [-0.15, -0.1) is 0 Å². The van der Waals surface area contributed by atoms with Crippen molar-refractivity contribution in [3.05, 3.63) is 41.5 Å². The van der Waals surface area contributed by atoms with Gasteiger partial charge in [0, 0.05) is 6.92 Å². The molecule has 0 fully saturated rings. The summed E-state index contributed by atoms with van der Waals surface area (Å²) >= 11 is 0. The fourth-order valence-electron chi connectivity index (χ4n) is 1.66. The maximum absolute atomic E-state index is 12.1. The van der Waals surface area contributed by atoms with Crippen LogP contribution < -0.4 is 10.5 Å². The van der Waals surface area contributed by atoms with Gasteiger partial charge in [-0.05, 0) is 30.7 Å². The van der Waals surface area contributed by atoms with Gasteiger partial charge in [0.25, 0.3) is 0 Å². The number of nitrogens with one attached hydrogen (secondary N) is 1. The van der Waals surface area contributed by atoms with Crippen LogP contribution in [0.25, 0.3) is 0 Å². The molecule has 0 spiro atoms. The van der Waals surface area contributed by atoms with Crippen molar-refractivity contribution in [2.75, 3.05) is 6.54 Å². The van der Waals surface area contributed by atoms with Crippen molar-refractivity contribution in [2.45, 2.75) is 24.8 Å². The van der Waals surface area contributed by atoms with E-state index < -0.39 is 10.0 Å². The Bertz CT molecular complexity index is 664. The van der Waals surface area contributed by atoms with Crippen LogP contribution in [0.5, 0.6) is 0 Å². The van der Waals surface area contributed by atoms with E-state index in [1.165, 1.54) is 0 Å². The number of sulfonamides is 1. The molecule has 0 bridgehead atoms. The maximum Gasteiger partial charge on any atom is 0.240 e. The summed E-state index contributed by atoms with van der Waals surface area (Å²) in [6.45, 7) is 2.16. The molecule has 20 heavy (non-hydrogen) atoms. The maximum atomic E-state index is 12.1. The van der Waals surface area contributed by atoms with Gasteiger partial charge in [0.2, 0.25) is 15.9 Å². The average Bonchev–Trinajstić information content (AvgIpc) is 2.84. The van der Waals surface area contributed by atoms with Crippen molar-refractivity contribution in [1.82, 2.24) is 14.9 Å². The Morgan fingerprint density at radius 1 is 1.30 bits per heavy atom. The Balaban J connectivity index is 2.05. The van der Waals surface area contributed by atoms with Crippen LogP contribution in [0.1, 0.15) is 17.3 Å². The number of benzene rings is 1. The van der Waals surface area contributed by atoms with E-state index in [9.17, 15) is 8.42 Å². The van der Waals surface area contributed by atoms with E-state index in [1.54, 1.807) is 31.2 Å². The SMILES string of the molecule is Cc1nc(CNS(=O)(=O)c2ccc(CCN)cc2)no1. The normalized spacial score (nSPS) is 11.7. The lowest BCUT2D eigenvalue weighted by molar-refractivity contribution is 0.387. The summed E-state index contributed by atoms with van der Waals surface area (Å²) < 4.78 is 31.3. The van der Waals surface area contributed by atoms with Gasteiger partial charge in [-0.1, -0.05) is 17.3 Å². The first kappa shape index (κ1) is 14.6. The third-order valence-corrected chi connectivity index (χ3v) is 4.07. The third kappa shape index (κ3) is 3.62. The molecule has 1 aromatic carbocycles. The van der Waals surface area contributed by atoms with E-state index in [2.05, 4.69) is 14.9 Å². The molecule has 0 aliphatic rings. The van der Waals surface area contributed by atoms with Gasteiger partial charge in [-0.3, -0.25) is 0 Å². The van der Waals surface area contributed by atoms with Crippen molar-refractivity contribution >= 4 is 10.0 Å². The smallest absolute Gasteiger partial charge is 0.240 e. The Morgan fingerprint density at radius 3 is 2.55 bits per heavy atom. The molecule has 0 amide bonds. The van der Waals surface area contributed by atoms with Crippen LogP contribution in [-0.2, 0) is 23.0 Å². The van der Waals surface area contributed by atoms with Crippen molar-refractivity contribution < 1.29 is 12.9 Å². The van der Waals surface area contributed by atoms with E-state index in [0.29, 0.717) is 18.3 Å². The number of rotatable bonds is 6. The number of hydrogen-bond donors (Lipinski definition) is 2. The van der Waals surface area contributed by atoms with Crippen LogP contribution in [0.15, 0.2) is 33.7 Å². The summed E-state index contributed by atoms with van der Waals surface area (Å²) in [5.74, 6) is 0.691. The van der Waals surface area contributed by atoms with Crippen LogP contribution in [0.3, 0.4) is 0 Å². The summed E-state index contributed by atoms with van der Waals surface area (Å²) in [4.78, 5) is 4.12. The van der Waals surface area contributed by atoms with Crippen LogP contribution in [-0.4, -0.2) is 25.1 Å². The van der Waals surface area contributed by atoms with Gasteiger partial charge >= 0.3 is 0 Å². The number of nitrogens with two attached hydrogens (primary N) is 1. The van der Waals surface area contributed by atoms with Crippen LogP contribution in [0.2, 0.25) is 0 Å². The summed E-state index contributed by atoms with van der Waals surface area (Å²) in [6.07, 6.45) is 0.718. The van der Waals surface area contributed by atoms with Crippen molar-refractivity contribution in [2.24, 2.45) is 5.73 Å². The molecule has 108 valence electrons. The topological polar surface area (TPSA) is 111 Å². The molecule has 8 heteroatoms. The average molecular weight is 296 g/mol. The van der Waals surface area contributed by atoms with Gasteiger partial charge in [0.05, 0.1) is 11.4 Å². The Morgan fingerprint density at radius 2 is 2.00 bits per heavy atom. The molecule has 2 rings (SSSR count). The minimum atomic E-state index is -3.58. The summed E-state index contributed by atoms with van der Waals surface area (Å²) in [7, 11) is -3.58. The van der Waals surface area contributed by atoms with Gasteiger partial charge in [-0.2, -0.15) is 4.98 Å². The number of hydrogen-bond acceptors (Lipinski definition) is 6. The molecule has 0 atom stereocenters. The number of nitrogens with zero attached hydrogens (tertiary/aromatic N) is 2. The molecule has 7 nitrogen and oxygen atoms in total. The highest BCUT2D eigenvalue weighted by atomic mass is 32.2. The fraction of sp³-hybridized carbons (Fsp3) is 0.333. The minimum absolute atomic E-state index is 0.00970. The molecule has 0 radical (unpaired) electrons.